The van der Waals surface area contributed by atoms with Crippen molar-refractivity contribution in [3.63, 3.8) is 0 Å². The number of ether oxygens (including phenoxy) is 1. The van der Waals surface area contributed by atoms with Crippen LogP contribution in [0.5, 0.6) is 5.19 Å². The summed E-state index contributed by atoms with van der Waals surface area (Å²) in [6.07, 6.45) is 6.87. The molecule has 0 radical (unpaired) electrons. The Kier molecular flexibility index (Phi) is 8.12. The van der Waals surface area contributed by atoms with Gasteiger partial charge in [-0.25, -0.2) is 27.7 Å². The number of aliphatic hydroxyl groups is 1. The molecule has 3 aromatic rings. The topological polar surface area (TPSA) is 109 Å². The molecule has 206 valence electrons. The van der Waals surface area contributed by atoms with Gasteiger partial charge in [-0.2, -0.15) is 0 Å². The number of sulfonamides is 1. The molecule has 9 nitrogen and oxygen atoms in total. The molecule has 2 aromatic heterocycles. The van der Waals surface area contributed by atoms with Crippen LogP contribution in [0, 0.1) is 0 Å². The number of hydrogen-bond donors (Lipinski definition) is 1. The number of anilines is 1. The van der Waals surface area contributed by atoms with Gasteiger partial charge in [0.1, 0.15) is 6.10 Å². The second kappa shape index (κ2) is 11.2. The monoisotopic (exact) mass is 579 g/mol. The molecule has 1 N–H and O–H groups in total. The number of halogens is 1. The van der Waals surface area contributed by atoms with Gasteiger partial charge in [-0.05, 0) is 56.7 Å². The van der Waals surface area contributed by atoms with Crippen molar-refractivity contribution in [3.05, 3.63) is 41.2 Å². The zero-order chi connectivity index (χ0) is 26.9. The van der Waals surface area contributed by atoms with E-state index in [4.69, 9.17) is 21.3 Å². The van der Waals surface area contributed by atoms with E-state index in [-0.39, 0.29) is 18.3 Å². The van der Waals surface area contributed by atoms with Gasteiger partial charge in [0, 0.05) is 39.0 Å². The Morgan fingerprint density at radius 1 is 1.11 bits per heavy atom. The number of benzene rings is 1. The highest BCUT2D eigenvalue weighted by atomic mass is 35.5. The van der Waals surface area contributed by atoms with E-state index >= 15 is 0 Å². The molecule has 2 aliphatic rings. The summed E-state index contributed by atoms with van der Waals surface area (Å²) in [6, 6.07) is 6.34. The molecule has 0 unspecified atom stereocenters. The van der Waals surface area contributed by atoms with Crippen molar-refractivity contribution < 1.29 is 18.3 Å². The Hall–Kier alpha value is -2.05. The molecule has 4 heterocycles. The number of aromatic nitrogens is 3. The fraction of sp³-hybridized carbons (Fsp3) is 0.577. The third-order valence-corrected chi connectivity index (χ3v) is 10.3. The normalized spacial score (nSPS) is 18.8. The van der Waals surface area contributed by atoms with Gasteiger partial charge in [0.25, 0.3) is 5.19 Å². The van der Waals surface area contributed by atoms with Gasteiger partial charge in [-0.1, -0.05) is 29.0 Å². The molecule has 2 fully saturated rings. The summed E-state index contributed by atoms with van der Waals surface area (Å²) in [4.78, 5) is 15.5. The van der Waals surface area contributed by atoms with E-state index in [0.717, 1.165) is 49.0 Å². The van der Waals surface area contributed by atoms with Crippen molar-refractivity contribution >= 4 is 49.1 Å². The lowest BCUT2D eigenvalue weighted by Crippen LogP contribution is -2.40. The molecular formula is C26H34ClN5O4S2. The Labute approximate surface area is 232 Å². The minimum atomic E-state index is -3.36. The molecule has 0 spiro atoms. The lowest BCUT2D eigenvalue weighted by atomic mass is 9.90. The summed E-state index contributed by atoms with van der Waals surface area (Å²) >= 11 is 7.46. The third-order valence-electron chi connectivity index (χ3n) is 7.28. The molecule has 5 rings (SSSR count). The van der Waals surface area contributed by atoms with Crippen LogP contribution in [0.4, 0.5) is 5.95 Å². The second-order valence-corrected chi connectivity index (χ2v) is 14.3. The average Bonchev–Trinajstić information content (AvgIpc) is 3.30. The van der Waals surface area contributed by atoms with Crippen molar-refractivity contribution in [2.24, 2.45) is 0 Å². The first kappa shape index (κ1) is 27.5. The fourth-order valence-electron chi connectivity index (χ4n) is 4.98. The molecule has 12 heteroatoms. The van der Waals surface area contributed by atoms with E-state index in [0.29, 0.717) is 35.2 Å². The lowest BCUT2D eigenvalue weighted by molar-refractivity contribution is 0.0768. The Balaban J connectivity index is 1.15. The minimum Gasteiger partial charge on any atom is -0.467 e. The van der Waals surface area contributed by atoms with E-state index in [9.17, 15) is 13.5 Å². The maximum absolute atomic E-state index is 12.7. The highest BCUT2D eigenvalue weighted by Crippen LogP contribution is 2.35. The molecule has 2 saturated heterocycles. The lowest BCUT2D eigenvalue weighted by Gasteiger charge is -2.32. The van der Waals surface area contributed by atoms with Gasteiger partial charge in [0.15, 0.2) is 0 Å². The van der Waals surface area contributed by atoms with Crippen LogP contribution in [0.15, 0.2) is 30.6 Å². The van der Waals surface area contributed by atoms with E-state index in [1.54, 1.807) is 41.9 Å². The molecule has 0 bridgehead atoms. The van der Waals surface area contributed by atoms with Crippen molar-refractivity contribution in [3.8, 4) is 5.19 Å². The highest BCUT2D eigenvalue weighted by molar-refractivity contribution is 7.89. The third kappa shape index (κ3) is 6.74. The summed E-state index contributed by atoms with van der Waals surface area (Å²) in [6.45, 7) is 5.92. The van der Waals surface area contributed by atoms with Crippen molar-refractivity contribution in [1.29, 1.82) is 0 Å². The first-order chi connectivity index (χ1) is 18.1. The first-order valence-corrected chi connectivity index (χ1v) is 15.9. The highest BCUT2D eigenvalue weighted by Gasteiger charge is 2.30. The van der Waals surface area contributed by atoms with Gasteiger partial charge < -0.3 is 14.7 Å². The zero-order valence-corrected chi connectivity index (χ0v) is 24.1. The Bertz CT molecular complexity index is 1340. The first-order valence-electron chi connectivity index (χ1n) is 13.1. The maximum atomic E-state index is 12.7. The summed E-state index contributed by atoms with van der Waals surface area (Å²) in [5, 5.41) is 11.1. The zero-order valence-electron chi connectivity index (χ0n) is 21.7. The van der Waals surface area contributed by atoms with Gasteiger partial charge in [0.2, 0.25) is 16.0 Å². The number of piperidine rings is 2. The van der Waals surface area contributed by atoms with Crippen molar-refractivity contribution in [2.75, 3.05) is 36.8 Å². The standard InChI is InChI=1S/C26H34ClN5O4S2/c1-26(2,33)9-14-38(34,35)32-12-5-18(6-13-32)19-3-4-22-23(15-19)37-25(30-22)36-21-7-10-31(11-8-21)24-28-16-20(27)17-29-24/h3-4,15-18,21,33H,5-14H2,1-2H3. The van der Waals surface area contributed by atoms with E-state index in [1.807, 2.05) is 6.07 Å². The van der Waals surface area contributed by atoms with Gasteiger partial charge in [0.05, 0.1) is 39.0 Å². The molecule has 2 aliphatic heterocycles. The van der Waals surface area contributed by atoms with Crippen LogP contribution < -0.4 is 9.64 Å². The maximum Gasteiger partial charge on any atom is 0.274 e. The number of thiazole rings is 1. The predicted octanol–water partition coefficient (Wildman–Crippen LogP) is 4.46. The Morgan fingerprint density at radius 2 is 1.79 bits per heavy atom. The van der Waals surface area contributed by atoms with Crippen LogP contribution in [0.1, 0.15) is 57.4 Å². The van der Waals surface area contributed by atoms with Crippen LogP contribution in [0.3, 0.4) is 0 Å². The molecule has 0 amide bonds. The van der Waals surface area contributed by atoms with Gasteiger partial charge >= 0.3 is 0 Å². The molecule has 0 aliphatic carbocycles. The van der Waals surface area contributed by atoms with Gasteiger partial charge in [-0.15, -0.1) is 0 Å². The van der Waals surface area contributed by atoms with Crippen LogP contribution in [0.25, 0.3) is 10.2 Å². The Morgan fingerprint density at radius 3 is 2.45 bits per heavy atom. The van der Waals surface area contributed by atoms with E-state index < -0.39 is 15.6 Å². The number of rotatable bonds is 8. The second-order valence-electron chi connectivity index (χ2n) is 10.8. The van der Waals surface area contributed by atoms with Crippen LogP contribution in [-0.2, 0) is 10.0 Å². The minimum absolute atomic E-state index is 0.0231. The van der Waals surface area contributed by atoms with Crippen LogP contribution in [-0.4, -0.2) is 76.4 Å². The summed E-state index contributed by atoms with van der Waals surface area (Å²) < 4.78 is 34.3. The van der Waals surface area contributed by atoms with Crippen molar-refractivity contribution in [2.45, 2.75) is 63.6 Å². The quantitative estimate of drug-likeness (QED) is 0.417. The molecule has 0 saturated carbocycles. The van der Waals surface area contributed by atoms with E-state index in [1.165, 1.54) is 5.56 Å². The smallest absolute Gasteiger partial charge is 0.274 e. The molecule has 38 heavy (non-hydrogen) atoms. The predicted molar refractivity (Wildman–Crippen MR) is 151 cm³/mol. The summed E-state index contributed by atoms with van der Waals surface area (Å²) in [5.74, 6) is 0.981. The molecular weight excluding hydrogens is 546 g/mol. The molecule has 0 atom stereocenters. The van der Waals surface area contributed by atoms with Crippen molar-refractivity contribution in [1.82, 2.24) is 19.3 Å². The fourth-order valence-corrected chi connectivity index (χ4v) is 7.79. The molecule has 1 aromatic carbocycles. The summed E-state index contributed by atoms with van der Waals surface area (Å²) in [5.41, 5.74) is 1.16. The van der Waals surface area contributed by atoms with Crippen LogP contribution in [0.2, 0.25) is 5.02 Å². The van der Waals surface area contributed by atoms with Gasteiger partial charge in [-0.3, -0.25) is 0 Å². The summed E-state index contributed by atoms with van der Waals surface area (Å²) in [7, 11) is -3.36. The average molecular weight is 580 g/mol. The number of nitrogens with zero attached hydrogens (tertiary/aromatic N) is 5. The van der Waals surface area contributed by atoms with Crippen LogP contribution >= 0.6 is 22.9 Å². The number of fused-ring (bicyclic) bond motifs is 1. The largest absolute Gasteiger partial charge is 0.467 e. The SMILES string of the molecule is CC(C)(O)CCS(=O)(=O)N1CCC(c2ccc3nc(OC4CCN(c5ncc(Cl)cn5)CC4)sc3c2)CC1. The van der Waals surface area contributed by atoms with E-state index in [2.05, 4.69) is 27.0 Å². The number of hydrogen-bond acceptors (Lipinski definition) is 9.